The minimum absolute atomic E-state index is 0.793. The van der Waals surface area contributed by atoms with E-state index in [0.717, 1.165) is 50.8 Å². The van der Waals surface area contributed by atoms with Gasteiger partial charge in [-0.3, -0.25) is 0 Å². The van der Waals surface area contributed by atoms with Crippen molar-refractivity contribution in [2.75, 3.05) is 38.7 Å². The molecule has 0 unspecified atom stereocenters. The molecule has 0 bridgehead atoms. The van der Waals surface area contributed by atoms with Crippen LogP contribution in [0.5, 0.6) is 5.75 Å². The summed E-state index contributed by atoms with van der Waals surface area (Å²) < 4.78 is 13.3. The molecule has 1 fully saturated rings. The smallest absolute Gasteiger partial charge is 0.119 e. The highest BCUT2D eigenvalue weighted by atomic mass is 32.2. The van der Waals surface area contributed by atoms with Gasteiger partial charge in [0.05, 0.1) is 19.8 Å². The molecule has 0 radical (unpaired) electrons. The average molecular weight is 253 g/mol. The van der Waals surface area contributed by atoms with Crippen LogP contribution in [0.15, 0.2) is 30.3 Å². The molecule has 0 aromatic heterocycles. The number of nitrogens with zero attached hydrogens (tertiary/aromatic N) is 1. The Morgan fingerprint density at radius 2 is 1.94 bits per heavy atom. The summed E-state index contributed by atoms with van der Waals surface area (Å²) in [4.78, 5) is 0. The Kier molecular flexibility index (Phi) is 5.68. The van der Waals surface area contributed by atoms with Crippen LogP contribution in [0.4, 0.5) is 0 Å². The zero-order valence-corrected chi connectivity index (χ0v) is 10.8. The number of hydrogen-bond acceptors (Lipinski definition) is 4. The zero-order valence-electron chi connectivity index (χ0n) is 10.0. The Bertz CT molecular complexity index is 302. The molecule has 0 saturated carbocycles. The molecule has 1 aromatic rings. The molecule has 2 rings (SSSR count). The van der Waals surface area contributed by atoms with E-state index in [1.807, 2.05) is 42.3 Å². The number of rotatable bonds is 6. The molecule has 3 nitrogen and oxygen atoms in total. The second-order valence-electron chi connectivity index (χ2n) is 3.89. The summed E-state index contributed by atoms with van der Waals surface area (Å²) in [5.41, 5.74) is 0. The van der Waals surface area contributed by atoms with E-state index in [1.165, 1.54) is 0 Å². The summed E-state index contributed by atoms with van der Waals surface area (Å²) >= 11 is 1.91. The van der Waals surface area contributed by atoms with Crippen molar-refractivity contribution in [2.24, 2.45) is 0 Å². The van der Waals surface area contributed by atoms with Gasteiger partial charge in [-0.05, 0) is 18.6 Å². The molecule has 1 aliphatic rings. The minimum atomic E-state index is 0.793. The van der Waals surface area contributed by atoms with Crippen molar-refractivity contribution in [2.45, 2.75) is 6.42 Å². The van der Waals surface area contributed by atoms with Gasteiger partial charge in [-0.1, -0.05) is 30.1 Å². The van der Waals surface area contributed by atoms with E-state index in [-0.39, 0.29) is 0 Å². The molecule has 17 heavy (non-hydrogen) atoms. The molecule has 0 atom stereocenters. The average Bonchev–Trinajstić information content (AvgIpc) is 2.41. The first-order valence-corrected chi connectivity index (χ1v) is 7.03. The molecule has 0 N–H and O–H groups in total. The van der Waals surface area contributed by atoms with E-state index in [0.29, 0.717) is 0 Å². The lowest BCUT2D eigenvalue weighted by molar-refractivity contribution is 0.0773. The van der Waals surface area contributed by atoms with Gasteiger partial charge in [0.1, 0.15) is 5.75 Å². The normalized spacial score (nSPS) is 16.9. The lowest BCUT2D eigenvalue weighted by Crippen LogP contribution is -2.31. The Balaban J connectivity index is 1.51. The molecule has 1 saturated heterocycles. The molecular formula is C13H19NO2S. The lowest BCUT2D eigenvalue weighted by Gasteiger charge is -2.25. The van der Waals surface area contributed by atoms with Gasteiger partial charge in [0.25, 0.3) is 0 Å². The SMILES string of the molecule is c1ccc(OCCCSN2CCOCC2)cc1. The van der Waals surface area contributed by atoms with Crippen LogP contribution in [-0.4, -0.2) is 43.0 Å². The van der Waals surface area contributed by atoms with Gasteiger partial charge >= 0.3 is 0 Å². The number of morpholine rings is 1. The van der Waals surface area contributed by atoms with E-state index in [2.05, 4.69) is 4.31 Å². The summed E-state index contributed by atoms with van der Waals surface area (Å²) in [5, 5.41) is 0. The van der Waals surface area contributed by atoms with Crippen molar-refractivity contribution < 1.29 is 9.47 Å². The predicted octanol–water partition coefficient (Wildman–Crippen LogP) is 2.44. The first-order chi connectivity index (χ1) is 8.45. The van der Waals surface area contributed by atoms with Gasteiger partial charge in [-0.15, -0.1) is 0 Å². The summed E-state index contributed by atoms with van der Waals surface area (Å²) in [5.74, 6) is 2.08. The van der Waals surface area contributed by atoms with E-state index in [1.54, 1.807) is 0 Å². The van der Waals surface area contributed by atoms with Crippen molar-refractivity contribution >= 4 is 11.9 Å². The van der Waals surface area contributed by atoms with Gasteiger partial charge in [0, 0.05) is 18.8 Å². The number of benzene rings is 1. The lowest BCUT2D eigenvalue weighted by atomic mass is 10.3. The highest BCUT2D eigenvalue weighted by Gasteiger charge is 2.09. The molecular weight excluding hydrogens is 234 g/mol. The Morgan fingerprint density at radius 1 is 1.18 bits per heavy atom. The van der Waals surface area contributed by atoms with E-state index in [9.17, 15) is 0 Å². The quantitative estimate of drug-likeness (QED) is 0.573. The topological polar surface area (TPSA) is 21.7 Å². The molecule has 94 valence electrons. The Morgan fingerprint density at radius 3 is 2.71 bits per heavy atom. The Hall–Kier alpha value is -0.710. The summed E-state index contributed by atoms with van der Waals surface area (Å²) in [7, 11) is 0. The fourth-order valence-corrected chi connectivity index (χ4v) is 2.55. The second-order valence-corrected chi connectivity index (χ2v) is 5.07. The van der Waals surface area contributed by atoms with E-state index >= 15 is 0 Å². The largest absolute Gasteiger partial charge is 0.494 e. The van der Waals surface area contributed by atoms with Gasteiger partial charge < -0.3 is 9.47 Å². The fourth-order valence-electron chi connectivity index (χ4n) is 1.64. The predicted molar refractivity (Wildman–Crippen MR) is 71.4 cm³/mol. The van der Waals surface area contributed by atoms with Crippen molar-refractivity contribution in [1.29, 1.82) is 0 Å². The van der Waals surface area contributed by atoms with Crippen molar-refractivity contribution in [3.63, 3.8) is 0 Å². The minimum Gasteiger partial charge on any atom is -0.494 e. The van der Waals surface area contributed by atoms with Crippen LogP contribution in [-0.2, 0) is 4.74 Å². The van der Waals surface area contributed by atoms with Crippen LogP contribution in [0.2, 0.25) is 0 Å². The maximum atomic E-state index is 5.64. The molecule has 1 aliphatic heterocycles. The zero-order chi connectivity index (χ0) is 11.8. The number of ether oxygens (including phenoxy) is 2. The monoisotopic (exact) mass is 253 g/mol. The molecule has 0 amide bonds. The first-order valence-electron chi connectivity index (χ1n) is 6.08. The number of hydrogen-bond donors (Lipinski definition) is 0. The number of para-hydroxylation sites is 1. The van der Waals surface area contributed by atoms with Gasteiger partial charge in [0.15, 0.2) is 0 Å². The highest BCUT2D eigenvalue weighted by Crippen LogP contribution is 2.14. The van der Waals surface area contributed by atoms with Crippen LogP contribution in [0.3, 0.4) is 0 Å². The van der Waals surface area contributed by atoms with Crippen LogP contribution in [0.1, 0.15) is 6.42 Å². The van der Waals surface area contributed by atoms with Crippen molar-refractivity contribution in [3.8, 4) is 5.75 Å². The standard InChI is InChI=1S/C13H19NO2S/c1-2-5-13(6-3-1)16-9-4-12-17-14-7-10-15-11-8-14/h1-3,5-6H,4,7-12H2. The van der Waals surface area contributed by atoms with Gasteiger partial charge in [-0.2, -0.15) is 0 Å². The highest BCUT2D eigenvalue weighted by molar-refractivity contribution is 7.97. The summed E-state index contributed by atoms with van der Waals surface area (Å²) in [6, 6.07) is 9.99. The third kappa shape index (κ3) is 4.98. The molecule has 1 heterocycles. The van der Waals surface area contributed by atoms with Crippen LogP contribution < -0.4 is 4.74 Å². The summed E-state index contributed by atoms with van der Waals surface area (Å²) in [6.07, 6.45) is 1.08. The van der Waals surface area contributed by atoms with Crippen LogP contribution >= 0.6 is 11.9 Å². The van der Waals surface area contributed by atoms with Crippen molar-refractivity contribution in [1.82, 2.24) is 4.31 Å². The van der Waals surface area contributed by atoms with Gasteiger partial charge in [-0.25, -0.2) is 4.31 Å². The second kappa shape index (κ2) is 7.58. The Labute approximate surface area is 107 Å². The fraction of sp³-hybridized carbons (Fsp3) is 0.538. The van der Waals surface area contributed by atoms with E-state index in [4.69, 9.17) is 9.47 Å². The van der Waals surface area contributed by atoms with Crippen LogP contribution in [0, 0.1) is 0 Å². The van der Waals surface area contributed by atoms with Crippen molar-refractivity contribution in [3.05, 3.63) is 30.3 Å². The third-order valence-corrected chi connectivity index (χ3v) is 3.75. The molecule has 0 spiro atoms. The van der Waals surface area contributed by atoms with Crippen LogP contribution in [0.25, 0.3) is 0 Å². The van der Waals surface area contributed by atoms with E-state index < -0.39 is 0 Å². The third-order valence-electron chi connectivity index (χ3n) is 2.54. The van der Waals surface area contributed by atoms with Gasteiger partial charge in [0.2, 0.25) is 0 Å². The molecule has 0 aliphatic carbocycles. The maximum absolute atomic E-state index is 5.64. The first kappa shape index (κ1) is 12.7. The molecule has 1 aromatic carbocycles. The molecule has 4 heteroatoms. The maximum Gasteiger partial charge on any atom is 0.119 e. The summed E-state index contributed by atoms with van der Waals surface area (Å²) in [6.45, 7) is 4.62.